The van der Waals surface area contributed by atoms with Crippen molar-refractivity contribution >= 4 is 34.1 Å². The van der Waals surface area contributed by atoms with Gasteiger partial charge in [0.2, 0.25) is 5.91 Å². The minimum Gasteiger partial charge on any atom is -0.326 e. The maximum atomic E-state index is 13.0. The molecule has 1 amide bonds. The summed E-state index contributed by atoms with van der Waals surface area (Å²) in [6, 6.07) is 17.7. The highest BCUT2D eigenvalue weighted by atomic mass is 35.5. The van der Waals surface area contributed by atoms with Gasteiger partial charge in [-0.1, -0.05) is 29.8 Å². The molecule has 152 valence electrons. The zero-order valence-electron chi connectivity index (χ0n) is 16.9. The Morgan fingerprint density at radius 1 is 1.10 bits per heavy atom. The summed E-state index contributed by atoms with van der Waals surface area (Å²) in [6.07, 6.45) is 12.1. The van der Waals surface area contributed by atoms with Crippen LogP contribution in [0.15, 0.2) is 60.8 Å². The predicted octanol–water partition coefficient (Wildman–Crippen LogP) is 6.44. The van der Waals surface area contributed by atoms with E-state index in [2.05, 4.69) is 40.5 Å². The molecule has 1 fully saturated rings. The summed E-state index contributed by atoms with van der Waals surface area (Å²) in [5.41, 5.74) is 3.17. The Balaban J connectivity index is 1.44. The average molecular weight is 417 g/mol. The van der Waals surface area contributed by atoms with Crippen molar-refractivity contribution in [2.75, 3.05) is 5.32 Å². The van der Waals surface area contributed by atoms with Crippen molar-refractivity contribution in [3.8, 4) is 12.3 Å². The maximum Gasteiger partial charge on any atom is 0.228 e. The first-order valence-corrected chi connectivity index (χ1v) is 10.9. The standard InChI is InChI=1S/C26H25ClN2O/c1-2-5-23(26(30)29-21-14-12-20(27)13-15-21)19-10-8-18(9-11-19)22-16-17-28-25-7-4-3-6-24(22)25/h1,3-4,6-7,12-19,23H,5,8-11H2,(H,29,30). The number of terminal acetylenes is 1. The third-order valence-corrected chi connectivity index (χ3v) is 6.50. The van der Waals surface area contributed by atoms with E-state index in [1.165, 1.54) is 10.9 Å². The molecule has 1 unspecified atom stereocenters. The Kier molecular flexibility index (Phi) is 6.35. The molecule has 1 saturated carbocycles. The number of fused-ring (bicyclic) bond motifs is 1. The lowest BCUT2D eigenvalue weighted by Crippen LogP contribution is -2.31. The number of carbonyl (C=O) groups excluding carboxylic acids is 1. The normalized spacial score (nSPS) is 19.7. The lowest BCUT2D eigenvalue weighted by Gasteiger charge is -2.33. The molecule has 3 nitrogen and oxygen atoms in total. The van der Waals surface area contributed by atoms with Gasteiger partial charge in [-0.05, 0) is 79.5 Å². The van der Waals surface area contributed by atoms with Crippen LogP contribution in [-0.2, 0) is 4.79 Å². The molecule has 4 heteroatoms. The van der Waals surface area contributed by atoms with E-state index in [1.54, 1.807) is 12.1 Å². The summed E-state index contributed by atoms with van der Waals surface area (Å²) in [4.78, 5) is 17.5. The van der Waals surface area contributed by atoms with Gasteiger partial charge in [-0.15, -0.1) is 12.3 Å². The third kappa shape index (κ3) is 4.50. The Morgan fingerprint density at radius 3 is 2.57 bits per heavy atom. The Bertz CT molecular complexity index is 1060. The first-order valence-electron chi connectivity index (χ1n) is 10.5. The first-order chi connectivity index (χ1) is 14.7. The molecule has 0 saturated heterocycles. The molecule has 1 aliphatic rings. The highest BCUT2D eigenvalue weighted by Crippen LogP contribution is 2.41. The van der Waals surface area contributed by atoms with Gasteiger partial charge in [0.05, 0.1) is 11.4 Å². The average Bonchev–Trinajstić information content (AvgIpc) is 2.79. The van der Waals surface area contributed by atoms with Crippen LogP contribution < -0.4 is 5.32 Å². The first kappa shape index (κ1) is 20.4. The van der Waals surface area contributed by atoms with E-state index in [1.807, 2.05) is 24.4 Å². The molecule has 30 heavy (non-hydrogen) atoms. The molecule has 1 atom stereocenters. The molecule has 2 aromatic carbocycles. The maximum absolute atomic E-state index is 13.0. The molecule has 0 spiro atoms. The van der Waals surface area contributed by atoms with Crippen LogP contribution in [0.2, 0.25) is 5.02 Å². The fourth-order valence-electron chi connectivity index (χ4n) is 4.68. The number of hydrogen-bond donors (Lipinski definition) is 1. The van der Waals surface area contributed by atoms with Gasteiger partial charge >= 0.3 is 0 Å². The number of pyridine rings is 1. The van der Waals surface area contributed by atoms with Gasteiger partial charge in [-0.2, -0.15) is 0 Å². The van der Waals surface area contributed by atoms with E-state index < -0.39 is 0 Å². The molecule has 0 radical (unpaired) electrons. The van der Waals surface area contributed by atoms with Crippen molar-refractivity contribution < 1.29 is 4.79 Å². The van der Waals surface area contributed by atoms with Gasteiger partial charge in [0, 0.05) is 28.7 Å². The zero-order chi connectivity index (χ0) is 20.9. The lowest BCUT2D eigenvalue weighted by atomic mass is 9.72. The van der Waals surface area contributed by atoms with Crippen molar-refractivity contribution in [1.82, 2.24) is 4.98 Å². The number of halogens is 1. The molecule has 3 aromatic rings. The number of rotatable bonds is 5. The second-order valence-electron chi connectivity index (χ2n) is 8.04. The van der Waals surface area contributed by atoms with E-state index in [9.17, 15) is 4.79 Å². The molecule has 4 rings (SSSR count). The van der Waals surface area contributed by atoms with Crippen LogP contribution in [0.1, 0.15) is 43.6 Å². The number of benzene rings is 2. The third-order valence-electron chi connectivity index (χ3n) is 6.25. The van der Waals surface area contributed by atoms with Gasteiger partial charge < -0.3 is 5.32 Å². The Hall–Kier alpha value is -2.83. The molecule has 1 heterocycles. The zero-order valence-corrected chi connectivity index (χ0v) is 17.6. The molecular weight excluding hydrogens is 392 g/mol. The number of carbonyl (C=O) groups is 1. The van der Waals surface area contributed by atoms with Crippen LogP contribution in [0.4, 0.5) is 5.69 Å². The molecule has 1 aliphatic carbocycles. The smallest absolute Gasteiger partial charge is 0.228 e. The van der Waals surface area contributed by atoms with Crippen LogP contribution in [0, 0.1) is 24.2 Å². The second kappa shape index (κ2) is 9.32. The SMILES string of the molecule is C#CCC(C(=O)Nc1ccc(Cl)cc1)C1CCC(c2ccnc3ccccc23)CC1. The molecule has 1 N–H and O–H groups in total. The Labute approximate surface area is 182 Å². The van der Waals surface area contributed by atoms with E-state index in [-0.39, 0.29) is 11.8 Å². The molecule has 0 aliphatic heterocycles. The van der Waals surface area contributed by atoms with Gasteiger partial charge in [0.15, 0.2) is 0 Å². The largest absolute Gasteiger partial charge is 0.326 e. The van der Waals surface area contributed by atoms with Crippen molar-refractivity contribution in [3.05, 3.63) is 71.4 Å². The van der Waals surface area contributed by atoms with Crippen LogP contribution in [-0.4, -0.2) is 10.9 Å². The number of aromatic nitrogens is 1. The fraction of sp³-hybridized carbons (Fsp3) is 0.308. The van der Waals surface area contributed by atoms with Crippen molar-refractivity contribution in [3.63, 3.8) is 0 Å². The summed E-state index contributed by atoms with van der Waals surface area (Å²) in [6.45, 7) is 0. The van der Waals surface area contributed by atoms with E-state index in [0.29, 0.717) is 23.3 Å². The van der Waals surface area contributed by atoms with Gasteiger partial charge in [-0.25, -0.2) is 0 Å². The number of hydrogen-bond acceptors (Lipinski definition) is 2. The van der Waals surface area contributed by atoms with Gasteiger partial charge in [0.25, 0.3) is 0 Å². The minimum absolute atomic E-state index is 0.00748. The number of nitrogens with one attached hydrogen (secondary N) is 1. The minimum atomic E-state index is -0.166. The van der Waals surface area contributed by atoms with Crippen LogP contribution in [0.3, 0.4) is 0 Å². The van der Waals surface area contributed by atoms with Crippen molar-refractivity contribution in [2.45, 2.75) is 38.0 Å². The van der Waals surface area contributed by atoms with Crippen LogP contribution in [0.25, 0.3) is 10.9 Å². The number of anilines is 1. The van der Waals surface area contributed by atoms with Crippen LogP contribution >= 0.6 is 11.6 Å². The summed E-state index contributed by atoms with van der Waals surface area (Å²) in [7, 11) is 0. The Morgan fingerprint density at radius 2 is 1.83 bits per heavy atom. The van der Waals surface area contributed by atoms with E-state index in [4.69, 9.17) is 18.0 Å². The summed E-state index contributed by atoms with van der Waals surface area (Å²) >= 11 is 5.94. The number of amides is 1. The topological polar surface area (TPSA) is 42.0 Å². The number of nitrogens with zero attached hydrogens (tertiary/aromatic N) is 1. The number of para-hydroxylation sites is 1. The predicted molar refractivity (Wildman–Crippen MR) is 123 cm³/mol. The lowest BCUT2D eigenvalue weighted by molar-refractivity contribution is -0.121. The van der Waals surface area contributed by atoms with E-state index >= 15 is 0 Å². The second-order valence-corrected chi connectivity index (χ2v) is 8.48. The van der Waals surface area contributed by atoms with Gasteiger partial charge in [0.1, 0.15) is 0 Å². The highest BCUT2D eigenvalue weighted by Gasteiger charge is 2.32. The fourth-order valence-corrected chi connectivity index (χ4v) is 4.80. The monoisotopic (exact) mass is 416 g/mol. The summed E-state index contributed by atoms with van der Waals surface area (Å²) < 4.78 is 0. The quantitative estimate of drug-likeness (QED) is 0.486. The summed E-state index contributed by atoms with van der Waals surface area (Å²) in [5.74, 6) is 3.36. The van der Waals surface area contributed by atoms with E-state index in [0.717, 1.165) is 36.9 Å². The van der Waals surface area contributed by atoms with Crippen molar-refractivity contribution in [2.24, 2.45) is 11.8 Å². The summed E-state index contributed by atoms with van der Waals surface area (Å²) in [5, 5.41) is 4.91. The molecular formula is C26H25ClN2O. The van der Waals surface area contributed by atoms with Crippen LogP contribution in [0.5, 0.6) is 0 Å². The molecule has 1 aromatic heterocycles. The van der Waals surface area contributed by atoms with Gasteiger partial charge in [-0.3, -0.25) is 9.78 Å². The molecule has 0 bridgehead atoms. The van der Waals surface area contributed by atoms with Crippen molar-refractivity contribution in [1.29, 1.82) is 0 Å². The highest BCUT2D eigenvalue weighted by molar-refractivity contribution is 6.30.